The van der Waals surface area contributed by atoms with Gasteiger partial charge >= 0.3 is 0 Å². The Hall–Kier alpha value is -0.715. The van der Waals surface area contributed by atoms with Gasteiger partial charge in [-0.3, -0.25) is 0 Å². The minimum Gasteiger partial charge on any atom is -0.0964 e. The Labute approximate surface area is 101 Å². The lowest BCUT2D eigenvalue weighted by Crippen LogP contribution is -2.42. The van der Waals surface area contributed by atoms with E-state index in [-0.39, 0.29) is 16.2 Å². The molecule has 0 fully saturated rings. The van der Waals surface area contributed by atoms with E-state index in [1.54, 1.807) is 0 Å². The van der Waals surface area contributed by atoms with E-state index in [0.29, 0.717) is 0 Å². The Morgan fingerprint density at radius 1 is 0.812 bits per heavy atom. The summed E-state index contributed by atoms with van der Waals surface area (Å²) in [7, 11) is 5.93. The van der Waals surface area contributed by atoms with Crippen molar-refractivity contribution in [2.24, 2.45) is 5.41 Å². The normalized spacial score (nSPS) is 24.1. The van der Waals surface area contributed by atoms with Gasteiger partial charge in [0, 0.05) is 0 Å². The largest absolute Gasteiger partial charge is 0.113 e. The first-order valence-corrected chi connectivity index (χ1v) is 6.03. The molecule has 0 heterocycles. The van der Waals surface area contributed by atoms with Gasteiger partial charge in [0.25, 0.3) is 0 Å². The van der Waals surface area contributed by atoms with Crippen molar-refractivity contribution in [1.29, 1.82) is 0 Å². The van der Waals surface area contributed by atoms with E-state index >= 15 is 0 Å². The molecule has 0 aromatic heterocycles. The van der Waals surface area contributed by atoms with Crippen molar-refractivity contribution in [3.63, 3.8) is 0 Å². The van der Waals surface area contributed by atoms with Crippen LogP contribution in [0.2, 0.25) is 0 Å². The minimum atomic E-state index is 0.168. The topological polar surface area (TPSA) is 0 Å². The van der Waals surface area contributed by atoms with Gasteiger partial charge in [-0.05, 0) is 27.4 Å². The fraction of sp³-hybridized carbons (Fsp3) is 0.600. The highest BCUT2D eigenvalue weighted by Gasteiger charge is 2.56. The van der Waals surface area contributed by atoms with Crippen LogP contribution in [0.15, 0.2) is 18.2 Å². The zero-order valence-corrected chi connectivity index (χ0v) is 11.3. The van der Waals surface area contributed by atoms with Crippen LogP contribution >= 0.6 is 0 Å². The molecule has 0 aliphatic heterocycles. The van der Waals surface area contributed by atoms with Gasteiger partial charge in [0.1, 0.15) is 7.85 Å². The fourth-order valence-electron chi connectivity index (χ4n) is 3.08. The zero-order chi connectivity index (χ0) is 12.4. The summed E-state index contributed by atoms with van der Waals surface area (Å²) < 4.78 is 0. The van der Waals surface area contributed by atoms with Crippen LogP contribution < -0.4 is 5.46 Å². The Morgan fingerprint density at radius 2 is 1.31 bits per heavy atom. The lowest BCUT2D eigenvalue weighted by Gasteiger charge is -2.44. The first-order valence-electron chi connectivity index (χ1n) is 6.03. The van der Waals surface area contributed by atoms with Crippen LogP contribution in [0.1, 0.15) is 52.7 Å². The average molecular weight is 212 g/mol. The molecule has 84 valence electrons. The lowest BCUT2D eigenvalue weighted by molar-refractivity contribution is 0.125. The summed E-state index contributed by atoms with van der Waals surface area (Å²) in [5.41, 5.74) is 4.34. The van der Waals surface area contributed by atoms with Gasteiger partial charge in [-0.15, -0.1) is 0 Å². The van der Waals surface area contributed by atoms with Crippen LogP contribution in [0.4, 0.5) is 0 Å². The lowest BCUT2D eigenvalue weighted by atomic mass is 9.59. The summed E-state index contributed by atoms with van der Waals surface area (Å²) in [5.74, 6) is 0. The number of hydrogen-bond acceptors (Lipinski definition) is 0. The van der Waals surface area contributed by atoms with Gasteiger partial charge in [0.2, 0.25) is 0 Å². The van der Waals surface area contributed by atoms with Gasteiger partial charge in [-0.25, -0.2) is 0 Å². The molecule has 0 bridgehead atoms. The second-order valence-corrected chi connectivity index (χ2v) is 6.68. The molecule has 1 heteroatoms. The first-order chi connectivity index (χ1) is 7.12. The van der Waals surface area contributed by atoms with Crippen molar-refractivity contribution in [1.82, 2.24) is 0 Å². The highest BCUT2D eigenvalue weighted by atomic mass is 14.6. The average Bonchev–Trinajstić information content (AvgIpc) is 2.24. The predicted molar refractivity (Wildman–Crippen MR) is 71.7 cm³/mol. The molecule has 0 nitrogen and oxygen atoms in total. The smallest absolute Gasteiger partial charge is 0.0964 e. The molecule has 1 aromatic rings. The molecule has 1 aliphatic carbocycles. The molecule has 0 unspecified atom stereocenters. The maximum absolute atomic E-state index is 5.93. The highest BCUT2D eigenvalue weighted by molar-refractivity contribution is 6.32. The molecule has 0 spiro atoms. The third kappa shape index (κ3) is 1.12. The minimum absolute atomic E-state index is 0.168. The molecule has 0 amide bonds. The molecular formula is C15H21B. The standard InChI is InChI=1S/C15H21B/c1-13(2)11-8-7-10(16)9-12(11)14(3,4)15(13,5)6/h7-9H,1-6H3. The van der Waals surface area contributed by atoms with E-state index in [4.69, 9.17) is 7.85 Å². The van der Waals surface area contributed by atoms with E-state index in [1.165, 1.54) is 11.1 Å². The molecule has 1 aliphatic rings. The van der Waals surface area contributed by atoms with Gasteiger partial charge in [-0.1, -0.05) is 65.2 Å². The van der Waals surface area contributed by atoms with E-state index < -0.39 is 0 Å². The van der Waals surface area contributed by atoms with Crippen molar-refractivity contribution in [2.75, 3.05) is 0 Å². The van der Waals surface area contributed by atoms with Crippen LogP contribution in [0.25, 0.3) is 0 Å². The zero-order valence-electron chi connectivity index (χ0n) is 11.3. The number of benzene rings is 1. The Kier molecular flexibility index (Phi) is 2.16. The van der Waals surface area contributed by atoms with Gasteiger partial charge in [0.15, 0.2) is 0 Å². The quantitative estimate of drug-likeness (QED) is 0.580. The third-order valence-corrected chi connectivity index (χ3v) is 5.52. The molecule has 2 radical (unpaired) electrons. The summed E-state index contributed by atoms with van der Waals surface area (Å²) >= 11 is 0. The van der Waals surface area contributed by atoms with Gasteiger partial charge in [0.05, 0.1) is 0 Å². The van der Waals surface area contributed by atoms with Crippen LogP contribution in [0, 0.1) is 5.41 Å². The summed E-state index contributed by atoms with van der Waals surface area (Å²) in [6.07, 6.45) is 0. The van der Waals surface area contributed by atoms with E-state index in [0.717, 1.165) is 5.46 Å². The van der Waals surface area contributed by atoms with Crippen molar-refractivity contribution in [3.05, 3.63) is 29.3 Å². The highest BCUT2D eigenvalue weighted by Crippen LogP contribution is 2.61. The summed E-state index contributed by atoms with van der Waals surface area (Å²) in [5, 5.41) is 0. The van der Waals surface area contributed by atoms with Crippen LogP contribution in [-0.2, 0) is 10.8 Å². The molecule has 0 atom stereocenters. The number of fused-ring (bicyclic) bond motifs is 1. The fourth-order valence-corrected chi connectivity index (χ4v) is 3.08. The summed E-state index contributed by atoms with van der Waals surface area (Å²) in [6, 6.07) is 6.39. The Bertz CT molecular complexity index is 439. The molecule has 16 heavy (non-hydrogen) atoms. The number of hydrogen-bond donors (Lipinski definition) is 0. The van der Waals surface area contributed by atoms with E-state index in [2.05, 4.69) is 53.7 Å². The van der Waals surface area contributed by atoms with Crippen molar-refractivity contribution in [2.45, 2.75) is 52.4 Å². The second-order valence-electron chi connectivity index (χ2n) is 6.68. The molecular weight excluding hydrogens is 191 g/mol. The van der Waals surface area contributed by atoms with Gasteiger partial charge in [-0.2, -0.15) is 0 Å². The maximum Gasteiger partial charge on any atom is 0.113 e. The Morgan fingerprint density at radius 3 is 1.88 bits per heavy atom. The van der Waals surface area contributed by atoms with Crippen LogP contribution in [-0.4, -0.2) is 7.85 Å². The third-order valence-electron chi connectivity index (χ3n) is 5.52. The molecule has 0 saturated carbocycles. The van der Waals surface area contributed by atoms with Crippen LogP contribution in [0.3, 0.4) is 0 Å². The number of rotatable bonds is 0. The summed E-state index contributed by atoms with van der Waals surface area (Å²) in [6.45, 7) is 14.1. The molecule has 0 saturated heterocycles. The molecule has 2 rings (SSSR count). The SMILES string of the molecule is [B]c1ccc2c(c1)C(C)(C)C(C)(C)C2(C)C. The molecule has 0 N–H and O–H groups in total. The van der Waals surface area contributed by atoms with Crippen LogP contribution in [0.5, 0.6) is 0 Å². The van der Waals surface area contributed by atoms with Crippen molar-refractivity contribution < 1.29 is 0 Å². The molecule has 1 aromatic carbocycles. The van der Waals surface area contributed by atoms with Crippen molar-refractivity contribution in [3.8, 4) is 0 Å². The Balaban J connectivity index is 2.79. The van der Waals surface area contributed by atoms with E-state index in [1.807, 2.05) is 6.07 Å². The van der Waals surface area contributed by atoms with E-state index in [9.17, 15) is 0 Å². The predicted octanol–water partition coefficient (Wildman–Crippen LogP) is 3.08. The second kappa shape index (κ2) is 2.94. The summed E-state index contributed by atoms with van der Waals surface area (Å²) in [4.78, 5) is 0. The van der Waals surface area contributed by atoms with Gasteiger partial charge < -0.3 is 0 Å². The monoisotopic (exact) mass is 212 g/mol. The first kappa shape index (κ1) is 11.8. The maximum atomic E-state index is 5.93. The van der Waals surface area contributed by atoms with Crippen molar-refractivity contribution >= 4 is 13.3 Å².